The van der Waals surface area contributed by atoms with E-state index in [-0.39, 0.29) is 5.91 Å². The molecule has 2 N–H and O–H groups in total. The minimum atomic E-state index is 0.0752. The zero-order chi connectivity index (χ0) is 13.4. The van der Waals surface area contributed by atoms with Crippen molar-refractivity contribution in [2.75, 3.05) is 19.6 Å². The summed E-state index contributed by atoms with van der Waals surface area (Å²) >= 11 is 0. The molecule has 0 saturated heterocycles. The second kappa shape index (κ2) is 8.48. The van der Waals surface area contributed by atoms with Crippen molar-refractivity contribution in [2.24, 2.45) is 0 Å². The van der Waals surface area contributed by atoms with Crippen molar-refractivity contribution < 1.29 is 4.79 Å². The highest BCUT2D eigenvalue weighted by atomic mass is 16.1. The molecule has 0 aliphatic heterocycles. The molecule has 0 aromatic heterocycles. The Morgan fingerprint density at radius 2 is 1.59 bits per heavy atom. The summed E-state index contributed by atoms with van der Waals surface area (Å²) in [7, 11) is 0. The molecule has 0 aliphatic carbocycles. The Kier molecular flexibility index (Phi) is 8.17. The van der Waals surface area contributed by atoms with E-state index in [0.717, 1.165) is 13.1 Å². The fraction of sp³-hybridized carbons (Fsp3) is 0.923. The summed E-state index contributed by atoms with van der Waals surface area (Å²) in [6.07, 6.45) is 0. The van der Waals surface area contributed by atoms with Gasteiger partial charge in [-0.25, -0.2) is 0 Å². The molecule has 1 amide bonds. The van der Waals surface area contributed by atoms with Crippen LogP contribution in [0.5, 0.6) is 0 Å². The number of carbonyl (C=O) groups is 1. The second-order valence-electron chi connectivity index (χ2n) is 5.31. The zero-order valence-electron chi connectivity index (χ0n) is 12.2. The number of hydrogen-bond acceptors (Lipinski definition) is 3. The van der Waals surface area contributed by atoms with Gasteiger partial charge >= 0.3 is 0 Å². The predicted octanol–water partition coefficient (Wildman–Crippen LogP) is 1.22. The van der Waals surface area contributed by atoms with E-state index >= 15 is 0 Å². The minimum Gasteiger partial charge on any atom is -0.354 e. The van der Waals surface area contributed by atoms with Gasteiger partial charge in [-0.1, -0.05) is 13.8 Å². The first-order valence-corrected chi connectivity index (χ1v) is 6.60. The van der Waals surface area contributed by atoms with Crippen LogP contribution in [0.4, 0.5) is 0 Å². The third kappa shape index (κ3) is 8.16. The van der Waals surface area contributed by atoms with Crippen LogP contribution in [0, 0.1) is 0 Å². The molecular formula is C13H29N3O. The maximum absolute atomic E-state index is 11.5. The highest BCUT2D eigenvalue weighted by Gasteiger charge is 2.12. The Bertz CT molecular complexity index is 207. The van der Waals surface area contributed by atoms with Gasteiger partial charge in [0.1, 0.15) is 0 Å². The SMILES string of the molecule is CC(C)NCC(=O)NCCN(C(C)C)C(C)C. The van der Waals surface area contributed by atoms with Crippen molar-refractivity contribution in [3.05, 3.63) is 0 Å². The quantitative estimate of drug-likeness (QED) is 0.674. The van der Waals surface area contributed by atoms with Crippen LogP contribution in [0.15, 0.2) is 0 Å². The van der Waals surface area contributed by atoms with E-state index in [2.05, 4.69) is 43.2 Å². The Labute approximate surface area is 106 Å². The molecule has 4 heteroatoms. The molecule has 0 saturated carbocycles. The molecule has 0 fully saturated rings. The summed E-state index contributed by atoms with van der Waals surface area (Å²) in [5, 5.41) is 6.04. The molecule has 17 heavy (non-hydrogen) atoms. The van der Waals surface area contributed by atoms with Gasteiger partial charge in [0, 0.05) is 31.2 Å². The molecule has 0 spiro atoms. The van der Waals surface area contributed by atoms with E-state index in [1.807, 2.05) is 13.8 Å². The summed E-state index contributed by atoms with van der Waals surface area (Å²) in [6.45, 7) is 14.8. The number of nitrogens with one attached hydrogen (secondary N) is 2. The van der Waals surface area contributed by atoms with Gasteiger partial charge in [-0.15, -0.1) is 0 Å². The summed E-state index contributed by atoms with van der Waals surface area (Å²) in [5.74, 6) is 0.0752. The molecule has 102 valence electrons. The van der Waals surface area contributed by atoms with Crippen LogP contribution in [0.25, 0.3) is 0 Å². The van der Waals surface area contributed by atoms with E-state index < -0.39 is 0 Å². The van der Waals surface area contributed by atoms with Crippen LogP contribution in [-0.2, 0) is 4.79 Å². The van der Waals surface area contributed by atoms with Crippen molar-refractivity contribution in [2.45, 2.75) is 59.7 Å². The van der Waals surface area contributed by atoms with Gasteiger partial charge in [0.05, 0.1) is 6.54 Å². The average molecular weight is 243 g/mol. The third-order valence-corrected chi connectivity index (χ3v) is 2.69. The molecule has 0 radical (unpaired) electrons. The molecule has 0 rings (SSSR count). The van der Waals surface area contributed by atoms with Crippen LogP contribution >= 0.6 is 0 Å². The Balaban J connectivity index is 3.77. The van der Waals surface area contributed by atoms with E-state index in [0.29, 0.717) is 24.7 Å². The van der Waals surface area contributed by atoms with Crippen molar-refractivity contribution in [1.82, 2.24) is 15.5 Å². The molecule has 0 heterocycles. The second-order valence-corrected chi connectivity index (χ2v) is 5.31. The van der Waals surface area contributed by atoms with Gasteiger partial charge < -0.3 is 10.6 Å². The van der Waals surface area contributed by atoms with Gasteiger partial charge in [-0.05, 0) is 27.7 Å². The van der Waals surface area contributed by atoms with E-state index in [1.165, 1.54) is 0 Å². The fourth-order valence-electron chi connectivity index (χ4n) is 1.80. The molecule has 0 atom stereocenters. The van der Waals surface area contributed by atoms with Gasteiger partial charge in [0.15, 0.2) is 0 Å². The first-order valence-electron chi connectivity index (χ1n) is 6.60. The third-order valence-electron chi connectivity index (χ3n) is 2.69. The summed E-state index contributed by atoms with van der Waals surface area (Å²) in [4.78, 5) is 13.8. The highest BCUT2D eigenvalue weighted by molar-refractivity contribution is 5.77. The van der Waals surface area contributed by atoms with Gasteiger partial charge in [-0.2, -0.15) is 0 Å². The lowest BCUT2D eigenvalue weighted by atomic mass is 10.2. The van der Waals surface area contributed by atoms with Crippen LogP contribution in [-0.4, -0.2) is 48.6 Å². The zero-order valence-corrected chi connectivity index (χ0v) is 12.2. The molecule has 0 aromatic carbocycles. The summed E-state index contributed by atoms with van der Waals surface area (Å²) in [6, 6.07) is 1.38. The number of hydrogen-bond donors (Lipinski definition) is 2. The van der Waals surface area contributed by atoms with Gasteiger partial charge in [0.2, 0.25) is 5.91 Å². The molecule has 0 aliphatic rings. The van der Waals surface area contributed by atoms with E-state index in [4.69, 9.17) is 0 Å². The predicted molar refractivity (Wildman–Crippen MR) is 73.1 cm³/mol. The van der Waals surface area contributed by atoms with Crippen LogP contribution in [0.3, 0.4) is 0 Å². The molecule has 0 unspecified atom stereocenters. The first-order chi connectivity index (χ1) is 7.84. The lowest BCUT2D eigenvalue weighted by Crippen LogP contribution is -2.44. The van der Waals surface area contributed by atoms with Crippen molar-refractivity contribution >= 4 is 5.91 Å². The Morgan fingerprint density at radius 3 is 2.00 bits per heavy atom. The standard InChI is InChI=1S/C13H29N3O/c1-10(2)15-9-13(17)14-7-8-16(11(3)4)12(5)6/h10-12,15H,7-9H2,1-6H3,(H,14,17). The summed E-state index contributed by atoms with van der Waals surface area (Å²) in [5.41, 5.74) is 0. The average Bonchev–Trinajstić information content (AvgIpc) is 2.20. The van der Waals surface area contributed by atoms with Crippen LogP contribution in [0.1, 0.15) is 41.5 Å². The summed E-state index contributed by atoms with van der Waals surface area (Å²) < 4.78 is 0. The van der Waals surface area contributed by atoms with Crippen molar-refractivity contribution in [3.8, 4) is 0 Å². The number of carbonyl (C=O) groups excluding carboxylic acids is 1. The normalized spacial score (nSPS) is 11.9. The molecular weight excluding hydrogens is 214 g/mol. The van der Waals surface area contributed by atoms with Gasteiger partial charge in [-0.3, -0.25) is 9.69 Å². The molecule has 4 nitrogen and oxygen atoms in total. The number of nitrogens with zero attached hydrogens (tertiary/aromatic N) is 1. The monoisotopic (exact) mass is 243 g/mol. The smallest absolute Gasteiger partial charge is 0.234 e. The topological polar surface area (TPSA) is 44.4 Å². The van der Waals surface area contributed by atoms with Crippen molar-refractivity contribution in [1.29, 1.82) is 0 Å². The van der Waals surface area contributed by atoms with Crippen molar-refractivity contribution in [3.63, 3.8) is 0 Å². The van der Waals surface area contributed by atoms with Crippen LogP contribution < -0.4 is 10.6 Å². The van der Waals surface area contributed by atoms with Gasteiger partial charge in [0.25, 0.3) is 0 Å². The molecule has 0 aromatic rings. The highest BCUT2D eigenvalue weighted by Crippen LogP contribution is 2.02. The minimum absolute atomic E-state index is 0.0752. The Morgan fingerprint density at radius 1 is 1.06 bits per heavy atom. The largest absolute Gasteiger partial charge is 0.354 e. The van der Waals surface area contributed by atoms with E-state index in [9.17, 15) is 4.79 Å². The van der Waals surface area contributed by atoms with E-state index in [1.54, 1.807) is 0 Å². The van der Waals surface area contributed by atoms with Crippen LogP contribution in [0.2, 0.25) is 0 Å². The fourth-order valence-corrected chi connectivity index (χ4v) is 1.80. The Hall–Kier alpha value is -0.610. The lowest BCUT2D eigenvalue weighted by molar-refractivity contribution is -0.120. The molecule has 0 bridgehead atoms. The maximum atomic E-state index is 11.5. The maximum Gasteiger partial charge on any atom is 0.234 e. The number of amides is 1. The first kappa shape index (κ1) is 16.4. The number of rotatable bonds is 8. The lowest BCUT2D eigenvalue weighted by Gasteiger charge is -2.30.